The third-order valence-corrected chi connectivity index (χ3v) is 4.47. The van der Waals surface area contributed by atoms with Crippen LogP contribution >= 0.6 is 0 Å². The molecule has 24 heavy (non-hydrogen) atoms. The fourth-order valence-electron chi connectivity index (χ4n) is 1.67. The van der Waals surface area contributed by atoms with Gasteiger partial charge in [0.25, 0.3) is 0 Å². The maximum atomic E-state index is 14.5. The van der Waals surface area contributed by atoms with Crippen LogP contribution in [0.3, 0.4) is 0 Å². The second kappa shape index (κ2) is 7.57. The zero-order valence-corrected chi connectivity index (χ0v) is 15.0. The van der Waals surface area contributed by atoms with Crippen molar-refractivity contribution in [1.82, 2.24) is 0 Å². The van der Waals surface area contributed by atoms with E-state index in [1.54, 1.807) is 20.8 Å². The van der Waals surface area contributed by atoms with Crippen LogP contribution in [0.4, 0.5) is 13.2 Å². The van der Waals surface area contributed by atoms with E-state index in [-0.39, 0.29) is 11.3 Å². The molecule has 0 aromatic heterocycles. The van der Waals surface area contributed by atoms with E-state index < -0.39 is 46.0 Å². The van der Waals surface area contributed by atoms with Gasteiger partial charge in [-0.05, 0) is 33.8 Å². The summed E-state index contributed by atoms with van der Waals surface area (Å²) in [6, 6.07) is 3.43. The van der Waals surface area contributed by atoms with E-state index in [0.717, 1.165) is 13.0 Å². The van der Waals surface area contributed by atoms with Crippen molar-refractivity contribution in [3.63, 3.8) is 0 Å². The molecule has 1 unspecified atom stereocenters. The molecule has 0 fully saturated rings. The maximum absolute atomic E-state index is 14.5. The first-order valence-electron chi connectivity index (χ1n) is 7.14. The van der Waals surface area contributed by atoms with Gasteiger partial charge in [-0.1, -0.05) is 16.5 Å². The maximum Gasteiger partial charge on any atom is 0.309 e. The number of nitrogens with zero attached hydrogens (tertiary/aromatic N) is 1. The SMILES string of the molecule is CC(=O)OCC(F)(F)c1cccc(C(C)=N[S+]([O-])C(C)(C)C)c1F. The number of carbonyl (C=O) groups is 1. The highest BCUT2D eigenvalue weighted by Gasteiger charge is 2.37. The number of ether oxygens (including phenoxy) is 1. The van der Waals surface area contributed by atoms with E-state index in [9.17, 15) is 22.5 Å². The molecule has 0 saturated heterocycles. The zero-order valence-electron chi connectivity index (χ0n) is 14.2. The van der Waals surface area contributed by atoms with Crippen molar-refractivity contribution in [2.45, 2.75) is 45.3 Å². The molecule has 0 N–H and O–H groups in total. The highest BCUT2D eigenvalue weighted by atomic mass is 32.2. The Morgan fingerprint density at radius 2 is 1.88 bits per heavy atom. The van der Waals surface area contributed by atoms with Crippen LogP contribution in [0.5, 0.6) is 0 Å². The van der Waals surface area contributed by atoms with Crippen LogP contribution in [-0.4, -0.2) is 27.6 Å². The summed E-state index contributed by atoms with van der Waals surface area (Å²) in [5, 5.41) is 0. The summed E-state index contributed by atoms with van der Waals surface area (Å²) < 4.78 is 62.1. The molecule has 0 radical (unpaired) electrons. The van der Waals surface area contributed by atoms with Crippen molar-refractivity contribution in [1.29, 1.82) is 0 Å². The lowest BCUT2D eigenvalue weighted by Crippen LogP contribution is -2.27. The molecule has 0 aliphatic heterocycles. The second-order valence-electron chi connectivity index (χ2n) is 6.19. The Kier molecular flexibility index (Phi) is 6.46. The molecule has 1 aromatic rings. The standard InChI is InChI=1S/C16H20F3NO3S/c1-10(20-24(22)15(3,4)5)12-7-6-8-13(14(12)17)16(18,19)9-23-11(2)21/h6-8H,9H2,1-5H3. The third kappa shape index (κ3) is 5.24. The summed E-state index contributed by atoms with van der Waals surface area (Å²) in [5.41, 5.74) is -1.03. The molecule has 1 atom stereocenters. The Morgan fingerprint density at radius 1 is 1.29 bits per heavy atom. The number of rotatable bonds is 5. The predicted molar refractivity (Wildman–Crippen MR) is 87.0 cm³/mol. The average molecular weight is 363 g/mol. The smallest absolute Gasteiger partial charge is 0.309 e. The van der Waals surface area contributed by atoms with Gasteiger partial charge in [0, 0.05) is 12.5 Å². The molecule has 0 saturated carbocycles. The molecule has 0 spiro atoms. The van der Waals surface area contributed by atoms with Crippen LogP contribution in [0.15, 0.2) is 22.6 Å². The summed E-state index contributed by atoms with van der Waals surface area (Å²) >= 11 is -1.65. The van der Waals surface area contributed by atoms with Crippen molar-refractivity contribution in [3.05, 3.63) is 35.1 Å². The second-order valence-corrected chi connectivity index (χ2v) is 8.10. The number of alkyl halides is 2. The summed E-state index contributed by atoms with van der Waals surface area (Å²) in [5.74, 6) is -5.75. The largest absolute Gasteiger partial charge is 0.591 e. The highest BCUT2D eigenvalue weighted by molar-refractivity contribution is 7.91. The number of carbonyl (C=O) groups excluding carboxylic acids is 1. The van der Waals surface area contributed by atoms with E-state index in [4.69, 9.17) is 0 Å². The molecule has 4 nitrogen and oxygen atoms in total. The monoisotopic (exact) mass is 363 g/mol. The van der Waals surface area contributed by atoms with Gasteiger partial charge in [0.2, 0.25) is 0 Å². The first kappa shape index (κ1) is 20.5. The molecule has 0 aliphatic rings. The minimum Gasteiger partial charge on any atom is -0.591 e. The summed E-state index contributed by atoms with van der Waals surface area (Å²) in [6.07, 6.45) is 0. The molecule has 1 rings (SSSR count). The van der Waals surface area contributed by atoms with E-state index in [0.29, 0.717) is 0 Å². The van der Waals surface area contributed by atoms with Gasteiger partial charge < -0.3 is 9.29 Å². The Bertz CT molecular complexity index is 642. The normalized spacial score (nSPS) is 14.5. The predicted octanol–water partition coefficient (Wildman–Crippen LogP) is 3.75. The van der Waals surface area contributed by atoms with Crippen LogP contribution in [-0.2, 0) is 26.8 Å². The lowest BCUT2D eigenvalue weighted by molar-refractivity contribution is -0.154. The van der Waals surface area contributed by atoms with Crippen LogP contribution in [0.2, 0.25) is 0 Å². The van der Waals surface area contributed by atoms with Gasteiger partial charge in [-0.15, -0.1) is 0 Å². The van der Waals surface area contributed by atoms with Gasteiger partial charge >= 0.3 is 11.9 Å². The molecule has 8 heteroatoms. The molecular formula is C16H20F3NO3S. The van der Waals surface area contributed by atoms with Gasteiger partial charge in [-0.3, -0.25) is 4.79 Å². The van der Waals surface area contributed by atoms with Gasteiger partial charge in [0.05, 0.1) is 11.3 Å². The minimum absolute atomic E-state index is 0.0471. The molecule has 0 heterocycles. The van der Waals surface area contributed by atoms with Crippen molar-refractivity contribution in [3.8, 4) is 0 Å². The van der Waals surface area contributed by atoms with Crippen molar-refractivity contribution >= 4 is 23.0 Å². The van der Waals surface area contributed by atoms with Crippen LogP contribution in [0.1, 0.15) is 45.7 Å². The Morgan fingerprint density at radius 3 is 2.38 bits per heavy atom. The molecule has 134 valence electrons. The van der Waals surface area contributed by atoms with E-state index >= 15 is 0 Å². The van der Waals surface area contributed by atoms with Gasteiger partial charge in [0.1, 0.15) is 21.9 Å². The van der Waals surface area contributed by atoms with Gasteiger partial charge in [-0.2, -0.15) is 8.78 Å². The van der Waals surface area contributed by atoms with Crippen molar-refractivity contribution in [2.75, 3.05) is 6.61 Å². The first-order chi connectivity index (χ1) is 10.9. The molecule has 0 aliphatic carbocycles. The van der Waals surface area contributed by atoms with Crippen LogP contribution in [0, 0.1) is 5.82 Å². The fraction of sp³-hybridized carbons (Fsp3) is 0.500. The number of hydrogen-bond donors (Lipinski definition) is 0. The molecule has 0 bridgehead atoms. The van der Waals surface area contributed by atoms with E-state index in [1.165, 1.54) is 19.1 Å². The summed E-state index contributed by atoms with van der Waals surface area (Å²) in [4.78, 5) is 10.7. The molecule has 0 amide bonds. The Hall–Kier alpha value is -1.54. The zero-order chi connectivity index (χ0) is 18.7. The van der Waals surface area contributed by atoms with Gasteiger partial charge in [-0.25, -0.2) is 4.39 Å². The number of benzene rings is 1. The Balaban J connectivity index is 3.21. The average Bonchev–Trinajstić information content (AvgIpc) is 2.44. The number of hydrogen-bond acceptors (Lipinski definition) is 4. The van der Waals surface area contributed by atoms with E-state index in [1.807, 2.05) is 0 Å². The van der Waals surface area contributed by atoms with Crippen molar-refractivity contribution < 1.29 is 27.3 Å². The van der Waals surface area contributed by atoms with Crippen molar-refractivity contribution in [2.24, 2.45) is 4.40 Å². The van der Waals surface area contributed by atoms with E-state index in [2.05, 4.69) is 9.13 Å². The summed E-state index contributed by atoms with van der Waals surface area (Å²) in [6.45, 7) is 6.21. The van der Waals surface area contributed by atoms with Crippen LogP contribution < -0.4 is 0 Å². The Labute approximate surface area is 142 Å². The first-order valence-corrected chi connectivity index (χ1v) is 8.25. The van der Waals surface area contributed by atoms with Crippen LogP contribution in [0.25, 0.3) is 0 Å². The van der Waals surface area contributed by atoms with Gasteiger partial charge in [0.15, 0.2) is 6.61 Å². The summed E-state index contributed by atoms with van der Waals surface area (Å²) in [7, 11) is 0. The third-order valence-electron chi connectivity index (χ3n) is 2.98. The fourth-order valence-corrected chi connectivity index (χ4v) is 2.30. The topological polar surface area (TPSA) is 61.7 Å². The minimum atomic E-state index is -3.69. The highest BCUT2D eigenvalue weighted by Crippen LogP contribution is 2.32. The molecule has 1 aromatic carbocycles. The number of esters is 1. The molecular weight excluding hydrogens is 343 g/mol. The lowest BCUT2D eigenvalue weighted by Gasteiger charge is -2.20. The quantitative estimate of drug-likeness (QED) is 0.455. The lowest BCUT2D eigenvalue weighted by atomic mass is 10.0. The number of halogens is 3.